The molecule has 8 heteroatoms. The van der Waals surface area contributed by atoms with Gasteiger partial charge in [0.15, 0.2) is 17.3 Å². The SMILES string of the molecule is C=CCOc1ccc(C2C(C(=O)c3cccs3)=C(O)C(=O)N2Cc2ccncc2)cc1OCC. The van der Waals surface area contributed by atoms with Gasteiger partial charge in [0.05, 0.1) is 23.1 Å². The molecule has 0 radical (unpaired) electrons. The lowest BCUT2D eigenvalue weighted by molar-refractivity contribution is -0.130. The molecule has 34 heavy (non-hydrogen) atoms. The highest BCUT2D eigenvalue weighted by Crippen LogP contribution is 2.42. The molecule has 0 fully saturated rings. The molecule has 1 N–H and O–H groups in total. The maximum absolute atomic E-state index is 13.4. The minimum atomic E-state index is -0.803. The second kappa shape index (κ2) is 10.4. The number of ketones is 1. The molecule has 7 nitrogen and oxygen atoms in total. The summed E-state index contributed by atoms with van der Waals surface area (Å²) in [7, 11) is 0. The van der Waals surface area contributed by atoms with Crippen molar-refractivity contribution in [3.63, 3.8) is 0 Å². The molecule has 0 saturated carbocycles. The molecule has 3 aromatic rings. The quantitative estimate of drug-likeness (QED) is 0.331. The minimum absolute atomic E-state index is 0.0451. The number of ether oxygens (including phenoxy) is 2. The number of nitrogens with zero attached hydrogens (tertiary/aromatic N) is 2. The molecule has 0 spiro atoms. The first kappa shape index (κ1) is 23.3. The molecule has 0 saturated heterocycles. The number of aliphatic hydroxyl groups excluding tert-OH is 1. The highest BCUT2D eigenvalue weighted by atomic mass is 32.1. The lowest BCUT2D eigenvalue weighted by Crippen LogP contribution is -2.30. The normalized spacial score (nSPS) is 15.5. The summed E-state index contributed by atoms with van der Waals surface area (Å²) in [5.41, 5.74) is 1.49. The van der Waals surface area contributed by atoms with E-state index in [9.17, 15) is 14.7 Å². The van der Waals surface area contributed by atoms with Crippen molar-refractivity contribution in [2.45, 2.75) is 19.5 Å². The third-order valence-electron chi connectivity index (χ3n) is 5.34. The Kier molecular flexibility index (Phi) is 7.08. The number of aliphatic hydroxyl groups is 1. The number of rotatable bonds is 10. The minimum Gasteiger partial charge on any atom is -0.503 e. The van der Waals surface area contributed by atoms with Gasteiger partial charge < -0.3 is 19.5 Å². The second-order valence-electron chi connectivity index (χ2n) is 7.50. The number of thiophene rings is 1. The summed E-state index contributed by atoms with van der Waals surface area (Å²) in [5, 5.41) is 12.6. The predicted octanol–water partition coefficient (Wildman–Crippen LogP) is 4.89. The highest BCUT2D eigenvalue weighted by Gasteiger charge is 2.44. The summed E-state index contributed by atoms with van der Waals surface area (Å²) in [6, 6.07) is 11.5. The van der Waals surface area contributed by atoms with Gasteiger partial charge in [-0.2, -0.15) is 0 Å². The number of aromatic nitrogens is 1. The third-order valence-corrected chi connectivity index (χ3v) is 6.20. The van der Waals surface area contributed by atoms with Crippen LogP contribution in [0.1, 0.15) is 33.8 Å². The molecule has 0 bridgehead atoms. The maximum Gasteiger partial charge on any atom is 0.290 e. The van der Waals surface area contributed by atoms with Gasteiger partial charge in [0.2, 0.25) is 5.78 Å². The van der Waals surface area contributed by atoms with E-state index in [0.717, 1.165) is 5.56 Å². The molecule has 2 aromatic heterocycles. The van der Waals surface area contributed by atoms with Crippen molar-refractivity contribution >= 4 is 23.0 Å². The number of hydrogen-bond donors (Lipinski definition) is 1. The van der Waals surface area contributed by atoms with E-state index in [4.69, 9.17) is 9.47 Å². The molecule has 1 unspecified atom stereocenters. The highest BCUT2D eigenvalue weighted by molar-refractivity contribution is 7.12. The van der Waals surface area contributed by atoms with Crippen LogP contribution in [0.5, 0.6) is 11.5 Å². The van der Waals surface area contributed by atoms with E-state index < -0.39 is 17.7 Å². The Morgan fingerprint density at radius 3 is 2.68 bits per heavy atom. The van der Waals surface area contributed by atoms with Gasteiger partial charge in [-0.3, -0.25) is 14.6 Å². The third kappa shape index (κ3) is 4.58. The van der Waals surface area contributed by atoms with Gasteiger partial charge in [-0.1, -0.05) is 24.8 Å². The van der Waals surface area contributed by atoms with E-state index in [0.29, 0.717) is 35.2 Å². The number of benzene rings is 1. The number of pyridine rings is 1. The van der Waals surface area contributed by atoms with Gasteiger partial charge in [0.1, 0.15) is 6.61 Å². The Labute approximate surface area is 201 Å². The molecule has 174 valence electrons. The van der Waals surface area contributed by atoms with Crippen molar-refractivity contribution in [1.29, 1.82) is 0 Å². The Hall–Kier alpha value is -3.91. The van der Waals surface area contributed by atoms with Crippen molar-refractivity contribution < 1.29 is 24.2 Å². The Bertz CT molecular complexity index is 1220. The number of Topliss-reactive ketones (excluding diaryl/α,β-unsaturated/α-hetero) is 1. The molecule has 1 amide bonds. The molecule has 1 aliphatic rings. The molecule has 0 aliphatic carbocycles. The lowest BCUT2D eigenvalue weighted by Gasteiger charge is -2.27. The van der Waals surface area contributed by atoms with Crippen LogP contribution in [-0.4, -0.2) is 39.9 Å². The van der Waals surface area contributed by atoms with Crippen LogP contribution in [0.2, 0.25) is 0 Å². The van der Waals surface area contributed by atoms with Crippen LogP contribution in [0.25, 0.3) is 0 Å². The summed E-state index contributed by atoms with van der Waals surface area (Å²) in [6.07, 6.45) is 4.90. The average Bonchev–Trinajstić information content (AvgIpc) is 3.47. The Morgan fingerprint density at radius 2 is 2.00 bits per heavy atom. The monoisotopic (exact) mass is 476 g/mol. The lowest BCUT2D eigenvalue weighted by atomic mass is 9.95. The van der Waals surface area contributed by atoms with Gasteiger partial charge >= 0.3 is 0 Å². The Morgan fingerprint density at radius 1 is 1.21 bits per heavy atom. The van der Waals surface area contributed by atoms with Crippen molar-refractivity contribution in [2.75, 3.05) is 13.2 Å². The first-order chi connectivity index (χ1) is 16.5. The van der Waals surface area contributed by atoms with E-state index in [1.54, 1.807) is 66.3 Å². The van der Waals surface area contributed by atoms with Crippen LogP contribution < -0.4 is 9.47 Å². The average molecular weight is 477 g/mol. The summed E-state index contributed by atoms with van der Waals surface area (Å²) < 4.78 is 11.5. The predicted molar refractivity (Wildman–Crippen MR) is 129 cm³/mol. The summed E-state index contributed by atoms with van der Waals surface area (Å²) in [4.78, 5) is 32.5. The van der Waals surface area contributed by atoms with Crippen molar-refractivity contribution in [3.05, 3.63) is 100 Å². The summed E-state index contributed by atoms with van der Waals surface area (Å²) >= 11 is 1.26. The fourth-order valence-electron chi connectivity index (χ4n) is 3.85. The standard InChI is InChI=1S/C26H24N2O5S/c1-3-13-33-19-8-7-18(15-20(19)32-4-2)23-22(24(29)21-6-5-14-34-21)25(30)26(31)28(23)16-17-9-11-27-12-10-17/h3,5-12,14-15,23,30H,1,4,13,16H2,2H3. The topological polar surface area (TPSA) is 89.0 Å². The maximum atomic E-state index is 13.4. The van der Waals surface area contributed by atoms with Crippen molar-refractivity contribution in [2.24, 2.45) is 0 Å². The van der Waals surface area contributed by atoms with Crippen molar-refractivity contribution in [1.82, 2.24) is 9.88 Å². The van der Waals surface area contributed by atoms with Gasteiger partial charge in [0.25, 0.3) is 5.91 Å². The summed E-state index contributed by atoms with van der Waals surface area (Å²) in [5.74, 6) is -0.524. The molecule has 1 aliphatic heterocycles. The zero-order valence-corrected chi connectivity index (χ0v) is 19.5. The van der Waals surface area contributed by atoms with Crippen LogP contribution in [0.4, 0.5) is 0 Å². The number of carbonyl (C=O) groups is 2. The fraction of sp³-hybridized carbons (Fsp3) is 0.192. The van der Waals surface area contributed by atoms with Gasteiger partial charge in [-0.25, -0.2) is 0 Å². The fourth-order valence-corrected chi connectivity index (χ4v) is 4.53. The molecular formula is C26H24N2O5S. The zero-order valence-electron chi connectivity index (χ0n) is 18.6. The molecule has 1 aromatic carbocycles. The van der Waals surface area contributed by atoms with Gasteiger partial charge in [-0.05, 0) is 53.8 Å². The first-order valence-electron chi connectivity index (χ1n) is 10.8. The zero-order chi connectivity index (χ0) is 24.1. The van der Waals surface area contributed by atoms with Crippen LogP contribution in [-0.2, 0) is 11.3 Å². The Balaban J connectivity index is 1.80. The van der Waals surface area contributed by atoms with Crippen LogP contribution >= 0.6 is 11.3 Å². The van der Waals surface area contributed by atoms with E-state index in [1.165, 1.54) is 16.2 Å². The molecule has 3 heterocycles. The largest absolute Gasteiger partial charge is 0.503 e. The first-order valence-corrected chi connectivity index (χ1v) is 11.6. The second-order valence-corrected chi connectivity index (χ2v) is 8.45. The van der Waals surface area contributed by atoms with E-state index in [1.807, 2.05) is 6.92 Å². The van der Waals surface area contributed by atoms with E-state index in [2.05, 4.69) is 11.6 Å². The van der Waals surface area contributed by atoms with Crippen molar-refractivity contribution in [3.8, 4) is 11.5 Å². The summed E-state index contributed by atoms with van der Waals surface area (Å²) in [6.45, 7) is 6.42. The van der Waals surface area contributed by atoms with Crippen LogP contribution in [0.15, 0.2) is 84.2 Å². The van der Waals surface area contributed by atoms with Gasteiger partial charge in [0, 0.05) is 18.9 Å². The van der Waals surface area contributed by atoms with E-state index in [-0.39, 0.29) is 17.9 Å². The smallest absolute Gasteiger partial charge is 0.290 e. The number of hydrogen-bond acceptors (Lipinski definition) is 7. The number of amides is 1. The van der Waals surface area contributed by atoms with E-state index >= 15 is 0 Å². The van der Waals surface area contributed by atoms with Crippen LogP contribution in [0, 0.1) is 0 Å². The number of carbonyl (C=O) groups excluding carboxylic acids is 2. The molecule has 4 rings (SSSR count). The molecule has 1 atom stereocenters. The molecular weight excluding hydrogens is 452 g/mol. The van der Waals surface area contributed by atoms with Crippen LogP contribution in [0.3, 0.4) is 0 Å². The van der Waals surface area contributed by atoms with Gasteiger partial charge in [-0.15, -0.1) is 11.3 Å².